The molecular weight excluding hydrogens is 186 g/mol. The SMILES string of the molecule is Cc1cccc(-c2nccc(N)n2)c1C. The molecule has 2 N–H and O–H groups in total. The number of aryl methyl sites for hydroxylation is 1. The maximum absolute atomic E-state index is 5.63. The monoisotopic (exact) mass is 199 g/mol. The van der Waals surface area contributed by atoms with E-state index in [-0.39, 0.29) is 0 Å². The maximum Gasteiger partial charge on any atom is 0.161 e. The molecule has 3 nitrogen and oxygen atoms in total. The molecule has 0 aliphatic rings. The average molecular weight is 199 g/mol. The Morgan fingerprint density at radius 2 is 1.93 bits per heavy atom. The predicted molar refractivity (Wildman–Crippen MR) is 61.4 cm³/mol. The van der Waals surface area contributed by atoms with Gasteiger partial charge in [0, 0.05) is 11.8 Å². The normalized spacial score (nSPS) is 10.3. The number of anilines is 1. The Kier molecular flexibility index (Phi) is 2.37. The van der Waals surface area contributed by atoms with Gasteiger partial charge >= 0.3 is 0 Å². The summed E-state index contributed by atoms with van der Waals surface area (Å²) in [6.45, 7) is 4.14. The van der Waals surface area contributed by atoms with Crippen LogP contribution in [0.2, 0.25) is 0 Å². The minimum Gasteiger partial charge on any atom is -0.384 e. The molecule has 0 saturated carbocycles. The smallest absolute Gasteiger partial charge is 0.161 e. The molecule has 0 spiro atoms. The fraction of sp³-hybridized carbons (Fsp3) is 0.167. The maximum atomic E-state index is 5.63. The van der Waals surface area contributed by atoms with Crippen molar-refractivity contribution in [3.05, 3.63) is 41.6 Å². The van der Waals surface area contributed by atoms with Crippen LogP contribution in [-0.2, 0) is 0 Å². The van der Waals surface area contributed by atoms with Crippen LogP contribution in [0.1, 0.15) is 11.1 Å². The quantitative estimate of drug-likeness (QED) is 0.767. The van der Waals surface area contributed by atoms with Gasteiger partial charge in [-0.15, -0.1) is 0 Å². The average Bonchev–Trinajstić information content (AvgIpc) is 2.22. The number of aromatic nitrogens is 2. The van der Waals surface area contributed by atoms with E-state index < -0.39 is 0 Å². The van der Waals surface area contributed by atoms with Gasteiger partial charge in [-0.3, -0.25) is 0 Å². The summed E-state index contributed by atoms with van der Waals surface area (Å²) in [4.78, 5) is 8.43. The van der Waals surface area contributed by atoms with Crippen molar-refractivity contribution in [1.82, 2.24) is 9.97 Å². The number of nitrogens with zero attached hydrogens (tertiary/aromatic N) is 2. The molecule has 1 aromatic carbocycles. The van der Waals surface area contributed by atoms with Crippen molar-refractivity contribution >= 4 is 5.82 Å². The van der Waals surface area contributed by atoms with E-state index in [9.17, 15) is 0 Å². The number of nitrogen functional groups attached to an aromatic ring is 1. The molecule has 0 atom stereocenters. The van der Waals surface area contributed by atoms with Gasteiger partial charge in [0.15, 0.2) is 5.82 Å². The molecule has 0 bridgehead atoms. The third-order valence-electron chi connectivity index (χ3n) is 2.52. The fourth-order valence-electron chi connectivity index (χ4n) is 1.50. The Bertz CT molecular complexity index is 492. The van der Waals surface area contributed by atoms with Gasteiger partial charge in [0.1, 0.15) is 5.82 Å². The van der Waals surface area contributed by atoms with Crippen molar-refractivity contribution in [3.8, 4) is 11.4 Å². The molecule has 1 aromatic heterocycles. The van der Waals surface area contributed by atoms with Gasteiger partial charge in [-0.2, -0.15) is 0 Å². The van der Waals surface area contributed by atoms with Crippen molar-refractivity contribution in [2.75, 3.05) is 5.73 Å². The van der Waals surface area contributed by atoms with Gasteiger partial charge in [-0.05, 0) is 31.0 Å². The number of nitrogens with two attached hydrogens (primary N) is 1. The highest BCUT2D eigenvalue weighted by Gasteiger charge is 2.05. The van der Waals surface area contributed by atoms with Crippen LogP contribution in [0.15, 0.2) is 30.5 Å². The Morgan fingerprint density at radius 3 is 2.67 bits per heavy atom. The molecule has 2 aromatic rings. The van der Waals surface area contributed by atoms with Gasteiger partial charge in [-0.1, -0.05) is 18.2 Å². The third-order valence-corrected chi connectivity index (χ3v) is 2.52. The molecule has 1 heterocycles. The molecule has 15 heavy (non-hydrogen) atoms. The van der Waals surface area contributed by atoms with E-state index >= 15 is 0 Å². The highest BCUT2D eigenvalue weighted by atomic mass is 14.9. The van der Waals surface area contributed by atoms with Crippen molar-refractivity contribution in [2.45, 2.75) is 13.8 Å². The lowest BCUT2D eigenvalue weighted by molar-refractivity contribution is 1.17. The second-order valence-electron chi connectivity index (χ2n) is 3.55. The minimum absolute atomic E-state index is 0.501. The number of rotatable bonds is 1. The summed E-state index contributed by atoms with van der Waals surface area (Å²) in [6.07, 6.45) is 1.68. The Balaban J connectivity index is 2.59. The van der Waals surface area contributed by atoms with Crippen LogP contribution in [0.25, 0.3) is 11.4 Å². The highest BCUT2D eigenvalue weighted by molar-refractivity contribution is 5.62. The summed E-state index contributed by atoms with van der Waals surface area (Å²) in [5, 5.41) is 0. The molecule has 0 unspecified atom stereocenters. The molecule has 0 radical (unpaired) electrons. The van der Waals surface area contributed by atoms with E-state index in [2.05, 4.69) is 29.9 Å². The zero-order valence-electron chi connectivity index (χ0n) is 8.86. The summed E-state index contributed by atoms with van der Waals surface area (Å²) in [5.74, 6) is 1.19. The molecule has 2 rings (SSSR count). The third kappa shape index (κ3) is 1.81. The van der Waals surface area contributed by atoms with Crippen molar-refractivity contribution in [2.24, 2.45) is 0 Å². The largest absolute Gasteiger partial charge is 0.384 e. The lowest BCUT2D eigenvalue weighted by Crippen LogP contribution is -1.96. The number of hydrogen-bond acceptors (Lipinski definition) is 3. The first kappa shape index (κ1) is 9.65. The minimum atomic E-state index is 0.501. The summed E-state index contributed by atoms with van der Waals surface area (Å²) in [5.41, 5.74) is 9.11. The first-order valence-corrected chi connectivity index (χ1v) is 4.83. The van der Waals surface area contributed by atoms with E-state index in [1.807, 2.05) is 12.1 Å². The van der Waals surface area contributed by atoms with E-state index in [0.717, 1.165) is 5.56 Å². The molecule has 76 valence electrons. The van der Waals surface area contributed by atoms with Crippen LogP contribution in [-0.4, -0.2) is 9.97 Å². The van der Waals surface area contributed by atoms with E-state index in [0.29, 0.717) is 11.6 Å². The van der Waals surface area contributed by atoms with Gasteiger partial charge < -0.3 is 5.73 Å². The van der Waals surface area contributed by atoms with Gasteiger partial charge in [0.2, 0.25) is 0 Å². The Labute approximate surface area is 89.0 Å². The Hall–Kier alpha value is -1.90. The van der Waals surface area contributed by atoms with E-state index in [4.69, 9.17) is 5.73 Å². The first-order chi connectivity index (χ1) is 7.18. The number of hydrogen-bond donors (Lipinski definition) is 1. The van der Waals surface area contributed by atoms with Crippen LogP contribution in [0.5, 0.6) is 0 Å². The first-order valence-electron chi connectivity index (χ1n) is 4.83. The summed E-state index contributed by atoms with van der Waals surface area (Å²) in [6, 6.07) is 7.78. The van der Waals surface area contributed by atoms with Crippen LogP contribution >= 0.6 is 0 Å². The topological polar surface area (TPSA) is 51.8 Å². The van der Waals surface area contributed by atoms with Gasteiger partial charge in [0.25, 0.3) is 0 Å². The molecule has 0 aliphatic heterocycles. The van der Waals surface area contributed by atoms with Gasteiger partial charge in [0.05, 0.1) is 0 Å². The zero-order valence-corrected chi connectivity index (χ0v) is 8.86. The van der Waals surface area contributed by atoms with Crippen molar-refractivity contribution in [3.63, 3.8) is 0 Å². The van der Waals surface area contributed by atoms with Crippen LogP contribution < -0.4 is 5.73 Å². The molecule has 0 fully saturated rings. The molecule has 0 saturated heterocycles. The van der Waals surface area contributed by atoms with Crippen molar-refractivity contribution < 1.29 is 0 Å². The molecular formula is C12H13N3. The molecule has 0 aliphatic carbocycles. The second kappa shape index (κ2) is 3.69. The summed E-state index contributed by atoms with van der Waals surface area (Å²) < 4.78 is 0. The predicted octanol–water partition coefficient (Wildman–Crippen LogP) is 2.34. The summed E-state index contributed by atoms with van der Waals surface area (Å²) in [7, 11) is 0. The lowest BCUT2D eigenvalue weighted by Gasteiger charge is -2.06. The highest BCUT2D eigenvalue weighted by Crippen LogP contribution is 2.22. The fourth-order valence-corrected chi connectivity index (χ4v) is 1.50. The number of benzene rings is 1. The van der Waals surface area contributed by atoms with Crippen LogP contribution in [0, 0.1) is 13.8 Å². The standard InChI is InChI=1S/C12H13N3/c1-8-4-3-5-10(9(8)2)12-14-7-6-11(13)15-12/h3-7H,1-2H3,(H2,13,14,15). The summed E-state index contributed by atoms with van der Waals surface area (Å²) >= 11 is 0. The van der Waals surface area contributed by atoms with Crippen LogP contribution in [0.3, 0.4) is 0 Å². The van der Waals surface area contributed by atoms with Crippen molar-refractivity contribution in [1.29, 1.82) is 0 Å². The van der Waals surface area contributed by atoms with E-state index in [1.165, 1.54) is 11.1 Å². The zero-order chi connectivity index (χ0) is 10.8. The molecule has 3 heteroatoms. The second-order valence-corrected chi connectivity index (χ2v) is 3.55. The molecule has 0 amide bonds. The van der Waals surface area contributed by atoms with Gasteiger partial charge in [-0.25, -0.2) is 9.97 Å². The van der Waals surface area contributed by atoms with E-state index in [1.54, 1.807) is 12.3 Å². The Morgan fingerprint density at radius 1 is 1.13 bits per heavy atom. The van der Waals surface area contributed by atoms with Crippen LogP contribution in [0.4, 0.5) is 5.82 Å². The lowest BCUT2D eigenvalue weighted by atomic mass is 10.0.